The number of guanidine groups is 1. The third kappa shape index (κ3) is 14.2. The maximum Gasteiger partial charge on any atom is 0.410 e. The Morgan fingerprint density at radius 1 is 1.27 bits per heavy atom. The summed E-state index contributed by atoms with van der Waals surface area (Å²) in [5.74, 6) is 1.67. The standard InChI is InChI=1S/C21H42N4O4.HI/c1-17(15-25(6)20(26)29-21(2,3)4)14-24-19(22-5)23-10-7-11-28-16-18-8-12-27-13-9-18;/h17-18H,7-16H2,1-6H3,(H2,22,23,24);1H. The molecule has 1 aliphatic rings. The van der Waals surface area contributed by atoms with Crippen molar-refractivity contribution in [1.29, 1.82) is 0 Å². The van der Waals surface area contributed by atoms with E-state index in [1.165, 1.54) is 0 Å². The van der Waals surface area contributed by atoms with Gasteiger partial charge in [0.1, 0.15) is 5.60 Å². The van der Waals surface area contributed by atoms with Gasteiger partial charge in [-0.05, 0) is 51.9 Å². The van der Waals surface area contributed by atoms with Crippen molar-refractivity contribution in [2.75, 3.05) is 60.2 Å². The summed E-state index contributed by atoms with van der Waals surface area (Å²) in [6, 6.07) is 0. The van der Waals surface area contributed by atoms with Crippen molar-refractivity contribution in [2.24, 2.45) is 16.8 Å². The summed E-state index contributed by atoms with van der Waals surface area (Å²) < 4.78 is 16.5. The molecule has 8 nitrogen and oxygen atoms in total. The number of hydrogen-bond donors (Lipinski definition) is 2. The molecule has 1 unspecified atom stereocenters. The summed E-state index contributed by atoms with van der Waals surface area (Å²) in [7, 11) is 3.52. The first-order valence-corrected chi connectivity index (χ1v) is 10.8. The number of halogens is 1. The lowest BCUT2D eigenvalue weighted by Crippen LogP contribution is -2.43. The molecule has 1 saturated heterocycles. The molecular weight excluding hydrogens is 499 g/mol. The van der Waals surface area contributed by atoms with Gasteiger partial charge in [0.2, 0.25) is 0 Å². The molecule has 0 bridgehead atoms. The van der Waals surface area contributed by atoms with Crippen molar-refractivity contribution in [3.05, 3.63) is 0 Å². The van der Waals surface area contributed by atoms with Crippen LogP contribution in [0.2, 0.25) is 0 Å². The second-order valence-electron chi connectivity index (χ2n) is 8.83. The van der Waals surface area contributed by atoms with Crippen LogP contribution in [-0.4, -0.2) is 82.7 Å². The molecule has 178 valence electrons. The highest BCUT2D eigenvalue weighted by molar-refractivity contribution is 14.0. The molecule has 1 atom stereocenters. The highest BCUT2D eigenvalue weighted by Gasteiger charge is 2.20. The van der Waals surface area contributed by atoms with Crippen molar-refractivity contribution < 1.29 is 19.0 Å². The first-order valence-electron chi connectivity index (χ1n) is 10.8. The van der Waals surface area contributed by atoms with Gasteiger partial charge in [-0.25, -0.2) is 4.79 Å². The van der Waals surface area contributed by atoms with Crippen LogP contribution in [0.4, 0.5) is 4.79 Å². The van der Waals surface area contributed by atoms with Crippen LogP contribution in [-0.2, 0) is 14.2 Å². The average Bonchev–Trinajstić information content (AvgIpc) is 2.66. The predicted octanol–water partition coefficient (Wildman–Crippen LogP) is 3.11. The first-order chi connectivity index (χ1) is 13.7. The van der Waals surface area contributed by atoms with Gasteiger partial charge in [-0.1, -0.05) is 6.92 Å². The summed E-state index contributed by atoms with van der Waals surface area (Å²) in [5.41, 5.74) is -0.479. The van der Waals surface area contributed by atoms with E-state index in [-0.39, 0.29) is 36.0 Å². The molecule has 1 rings (SSSR count). The largest absolute Gasteiger partial charge is 0.444 e. The number of nitrogens with one attached hydrogen (secondary N) is 2. The van der Waals surface area contributed by atoms with Crippen LogP contribution in [0.5, 0.6) is 0 Å². The number of hydrogen-bond acceptors (Lipinski definition) is 5. The molecule has 0 aliphatic carbocycles. The SMILES string of the molecule is CN=C(NCCCOCC1CCOCC1)NCC(C)CN(C)C(=O)OC(C)(C)C.I. The predicted molar refractivity (Wildman–Crippen MR) is 132 cm³/mol. The number of carbonyl (C=O) groups excluding carboxylic acids is 1. The van der Waals surface area contributed by atoms with E-state index in [4.69, 9.17) is 14.2 Å². The summed E-state index contributed by atoms with van der Waals surface area (Å²) in [5, 5.41) is 6.61. The minimum atomic E-state index is -0.479. The van der Waals surface area contributed by atoms with Crippen LogP contribution < -0.4 is 10.6 Å². The Morgan fingerprint density at radius 3 is 2.53 bits per heavy atom. The molecule has 1 amide bonds. The molecule has 0 aromatic carbocycles. The Bertz CT molecular complexity index is 494. The van der Waals surface area contributed by atoms with Crippen molar-refractivity contribution in [3.63, 3.8) is 0 Å². The molecule has 30 heavy (non-hydrogen) atoms. The fourth-order valence-corrected chi connectivity index (χ4v) is 2.98. The van der Waals surface area contributed by atoms with E-state index >= 15 is 0 Å². The molecule has 1 fully saturated rings. The Balaban J connectivity index is 0.00000841. The lowest BCUT2D eigenvalue weighted by Gasteiger charge is -2.26. The highest BCUT2D eigenvalue weighted by atomic mass is 127. The zero-order chi connectivity index (χ0) is 21.7. The van der Waals surface area contributed by atoms with Gasteiger partial charge in [-0.2, -0.15) is 0 Å². The van der Waals surface area contributed by atoms with Gasteiger partial charge in [0.25, 0.3) is 0 Å². The Labute approximate surface area is 199 Å². The van der Waals surface area contributed by atoms with Crippen LogP contribution in [0.3, 0.4) is 0 Å². The molecule has 1 heterocycles. The maximum atomic E-state index is 12.0. The lowest BCUT2D eigenvalue weighted by molar-refractivity contribution is 0.0203. The van der Waals surface area contributed by atoms with Gasteiger partial charge in [0, 0.05) is 60.2 Å². The summed E-state index contributed by atoms with van der Waals surface area (Å²) in [4.78, 5) is 17.9. The molecule has 0 aromatic heterocycles. The second kappa shape index (κ2) is 15.9. The minimum Gasteiger partial charge on any atom is -0.444 e. The molecule has 1 aliphatic heterocycles. The topological polar surface area (TPSA) is 84.4 Å². The molecule has 0 spiro atoms. The zero-order valence-electron chi connectivity index (χ0n) is 19.7. The van der Waals surface area contributed by atoms with E-state index in [9.17, 15) is 4.79 Å². The first kappa shape index (κ1) is 29.2. The monoisotopic (exact) mass is 542 g/mol. The van der Waals surface area contributed by atoms with E-state index in [1.54, 1.807) is 19.0 Å². The van der Waals surface area contributed by atoms with E-state index in [2.05, 4.69) is 22.5 Å². The van der Waals surface area contributed by atoms with Gasteiger partial charge in [0.05, 0.1) is 0 Å². The molecule has 2 N–H and O–H groups in total. The second-order valence-corrected chi connectivity index (χ2v) is 8.83. The maximum absolute atomic E-state index is 12.0. The average molecular weight is 543 g/mol. The van der Waals surface area contributed by atoms with Crippen LogP contribution in [0.15, 0.2) is 4.99 Å². The highest BCUT2D eigenvalue weighted by Crippen LogP contribution is 2.14. The normalized spacial score (nSPS) is 16.4. The van der Waals surface area contributed by atoms with Crippen LogP contribution >= 0.6 is 24.0 Å². The third-order valence-corrected chi connectivity index (χ3v) is 4.58. The number of carbonyl (C=O) groups is 1. The molecule has 0 saturated carbocycles. The van der Waals surface area contributed by atoms with Crippen molar-refractivity contribution in [3.8, 4) is 0 Å². The molecule has 0 radical (unpaired) electrons. The summed E-state index contributed by atoms with van der Waals surface area (Å²) in [6.07, 6.45) is 2.85. The molecule has 9 heteroatoms. The van der Waals surface area contributed by atoms with E-state index in [1.807, 2.05) is 20.8 Å². The number of nitrogens with zero attached hydrogens (tertiary/aromatic N) is 2. The number of aliphatic imine (C=N–C) groups is 1. The lowest BCUT2D eigenvalue weighted by atomic mass is 10.0. The Hall–Kier alpha value is -0.810. The van der Waals surface area contributed by atoms with Gasteiger partial charge in [0.15, 0.2) is 5.96 Å². The van der Waals surface area contributed by atoms with Gasteiger partial charge < -0.3 is 29.7 Å². The third-order valence-electron chi connectivity index (χ3n) is 4.58. The Kier molecular flexibility index (Phi) is 15.5. The fraction of sp³-hybridized carbons (Fsp3) is 0.905. The summed E-state index contributed by atoms with van der Waals surface area (Å²) >= 11 is 0. The van der Waals surface area contributed by atoms with Crippen LogP contribution in [0, 0.1) is 11.8 Å². The Morgan fingerprint density at radius 2 is 1.93 bits per heavy atom. The molecular formula is C21H43IN4O4. The quantitative estimate of drug-likeness (QED) is 0.191. The van der Waals surface area contributed by atoms with Crippen molar-refractivity contribution >= 4 is 36.0 Å². The van der Waals surface area contributed by atoms with Crippen molar-refractivity contribution in [1.82, 2.24) is 15.5 Å². The van der Waals surface area contributed by atoms with E-state index in [0.717, 1.165) is 58.2 Å². The summed E-state index contributed by atoms with van der Waals surface area (Å²) in [6.45, 7) is 13.1. The van der Waals surface area contributed by atoms with Crippen LogP contribution in [0.1, 0.15) is 47.0 Å². The zero-order valence-corrected chi connectivity index (χ0v) is 22.0. The van der Waals surface area contributed by atoms with E-state index < -0.39 is 5.60 Å². The van der Waals surface area contributed by atoms with Gasteiger partial charge >= 0.3 is 6.09 Å². The van der Waals surface area contributed by atoms with E-state index in [0.29, 0.717) is 19.0 Å². The van der Waals surface area contributed by atoms with Crippen LogP contribution in [0.25, 0.3) is 0 Å². The number of amides is 1. The van der Waals surface area contributed by atoms with Crippen molar-refractivity contribution in [2.45, 2.75) is 52.6 Å². The number of rotatable bonds is 10. The van der Waals surface area contributed by atoms with Gasteiger partial charge in [-0.15, -0.1) is 24.0 Å². The van der Waals surface area contributed by atoms with Gasteiger partial charge in [-0.3, -0.25) is 4.99 Å². The smallest absolute Gasteiger partial charge is 0.410 e. The fourth-order valence-electron chi connectivity index (χ4n) is 2.98. The molecule has 0 aromatic rings. The number of ether oxygens (including phenoxy) is 3. The minimum absolute atomic E-state index is 0.